The number of hydrogen-bond donors (Lipinski definition) is 2. The third kappa shape index (κ3) is 2.28. The van der Waals surface area contributed by atoms with Gasteiger partial charge in [0.15, 0.2) is 11.5 Å². The van der Waals surface area contributed by atoms with E-state index in [9.17, 15) is 19.8 Å². The van der Waals surface area contributed by atoms with Crippen LogP contribution in [0.25, 0.3) is 11.0 Å². The maximum Gasteiger partial charge on any atom is 0.348 e. The molecule has 1 aliphatic heterocycles. The van der Waals surface area contributed by atoms with E-state index in [1.165, 1.54) is 25.3 Å². The summed E-state index contributed by atoms with van der Waals surface area (Å²) in [6.45, 7) is 0. The van der Waals surface area contributed by atoms with Crippen molar-refractivity contribution in [3.8, 4) is 17.2 Å². The van der Waals surface area contributed by atoms with Crippen molar-refractivity contribution in [2.75, 3.05) is 7.11 Å². The molecule has 1 aromatic heterocycles. The number of phenols is 2. The Hall–Kier alpha value is -3.48. The number of carbonyl (C=O) groups is 1. The number of carbonyl (C=O) groups excluding carboxylic acids is 1. The molecule has 0 bridgehead atoms. The van der Waals surface area contributed by atoms with Crippen LogP contribution in [0.15, 0.2) is 51.7 Å². The molecule has 0 saturated heterocycles. The Balaban J connectivity index is 1.99. The number of para-hydroxylation sites is 1. The van der Waals surface area contributed by atoms with Gasteiger partial charge in [0.05, 0.1) is 24.0 Å². The minimum Gasteiger partial charge on any atom is -0.504 e. The maximum absolute atomic E-state index is 12.6. The Morgan fingerprint density at radius 3 is 2.62 bits per heavy atom. The van der Waals surface area contributed by atoms with Gasteiger partial charge in [-0.05, 0) is 29.8 Å². The Morgan fingerprint density at radius 2 is 1.88 bits per heavy atom. The van der Waals surface area contributed by atoms with Gasteiger partial charge in [-0.3, -0.25) is 0 Å². The molecular weight excluding hydrogens is 340 g/mol. The van der Waals surface area contributed by atoms with Crippen LogP contribution in [-0.4, -0.2) is 29.4 Å². The van der Waals surface area contributed by atoms with Gasteiger partial charge in [-0.25, -0.2) is 9.59 Å². The van der Waals surface area contributed by atoms with Crippen molar-refractivity contribution in [1.82, 2.24) is 0 Å². The molecule has 4 rings (SSSR count). The lowest BCUT2D eigenvalue weighted by molar-refractivity contribution is -0.148. The molecule has 7 heteroatoms. The van der Waals surface area contributed by atoms with Gasteiger partial charge in [0.1, 0.15) is 11.3 Å². The molecule has 0 spiro atoms. The molecule has 2 N–H and O–H groups in total. The molecule has 2 atom stereocenters. The van der Waals surface area contributed by atoms with Crippen LogP contribution in [0.4, 0.5) is 0 Å². The van der Waals surface area contributed by atoms with Crippen LogP contribution in [-0.2, 0) is 9.53 Å². The standard InChI is InChI=1S/C19H14O7/c1-24-19(23)17-14(9-6-7-11(20)12(21)8-9)15-16(26-17)10-4-2-3-5-13(10)25-18(15)22/h2-8,14,17,20-21H,1H3. The minimum atomic E-state index is -1.12. The Morgan fingerprint density at radius 1 is 1.12 bits per heavy atom. The highest BCUT2D eigenvalue weighted by atomic mass is 16.6. The summed E-state index contributed by atoms with van der Waals surface area (Å²) >= 11 is 0. The summed E-state index contributed by atoms with van der Waals surface area (Å²) < 4.78 is 16.0. The van der Waals surface area contributed by atoms with E-state index in [1.807, 2.05) is 0 Å². The van der Waals surface area contributed by atoms with E-state index >= 15 is 0 Å². The van der Waals surface area contributed by atoms with E-state index in [2.05, 4.69) is 0 Å². The zero-order valence-corrected chi connectivity index (χ0v) is 13.6. The number of methoxy groups -OCH3 is 1. The fraction of sp³-hybridized carbons (Fsp3) is 0.158. The maximum atomic E-state index is 12.6. The highest BCUT2D eigenvalue weighted by Gasteiger charge is 2.45. The van der Waals surface area contributed by atoms with Gasteiger partial charge in [0, 0.05) is 0 Å². The third-order valence-electron chi connectivity index (χ3n) is 4.45. The number of benzene rings is 2. The summed E-state index contributed by atoms with van der Waals surface area (Å²) in [5, 5.41) is 19.9. The molecule has 0 radical (unpaired) electrons. The summed E-state index contributed by atoms with van der Waals surface area (Å²) in [5.74, 6) is -1.94. The van der Waals surface area contributed by atoms with Crippen LogP contribution in [0.5, 0.6) is 17.2 Å². The van der Waals surface area contributed by atoms with Crippen molar-refractivity contribution < 1.29 is 28.9 Å². The van der Waals surface area contributed by atoms with Gasteiger partial charge in [-0.15, -0.1) is 0 Å². The lowest BCUT2D eigenvalue weighted by Gasteiger charge is -2.17. The Kier molecular flexibility index (Phi) is 3.57. The number of ether oxygens (including phenoxy) is 2. The van der Waals surface area contributed by atoms with Crippen molar-refractivity contribution in [3.05, 3.63) is 64.0 Å². The van der Waals surface area contributed by atoms with E-state index in [4.69, 9.17) is 13.9 Å². The van der Waals surface area contributed by atoms with Crippen molar-refractivity contribution >= 4 is 16.9 Å². The lowest BCUT2D eigenvalue weighted by atomic mass is 9.88. The topological polar surface area (TPSA) is 106 Å². The zero-order chi connectivity index (χ0) is 18.4. The van der Waals surface area contributed by atoms with Crippen LogP contribution >= 0.6 is 0 Å². The van der Waals surface area contributed by atoms with Crippen LogP contribution in [0.1, 0.15) is 17.0 Å². The number of phenolic OH excluding ortho intramolecular Hbond substituents is 2. The fourth-order valence-corrected chi connectivity index (χ4v) is 3.25. The molecule has 0 aliphatic carbocycles. The Labute approximate surface area is 147 Å². The number of fused-ring (bicyclic) bond motifs is 3. The number of rotatable bonds is 2. The van der Waals surface area contributed by atoms with Crippen LogP contribution < -0.4 is 10.4 Å². The third-order valence-corrected chi connectivity index (χ3v) is 4.45. The van der Waals surface area contributed by atoms with Gasteiger partial charge >= 0.3 is 11.6 Å². The molecule has 0 fully saturated rings. The van der Waals surface area contributed by atoms with Gasteiger partial charge in [0.2, 0.25) is 6.10 Å². The minimum absolute atomic E-state index is 0.171. The van der Waals surface area contributed by atoms with E-state index in [-0.39, 0.29) is 22.8 Å². The number of esters is 1. The van der Waals surface area contributed by atoms with Gasteiger partial charge in [-0.2, -0.15) is 0 Å². The first-order valence-corrected chi connectivity index (χ1v) is 7.83. The fourth-order valence-electron chi connectivity index (χ4n) is 3.25. The van der Waals surface area contributed by atoms with Crippen molar-refractivity contribution in [1.29, 1.82) is 0 Å². The molecule has 132 valence electrons. The normalized spacial score (nSPS) is 18.3. The summed E-state index contributed by atoms with van der Waals surface area (Å²) in [7, 11) is 1.22. The molecule has 3 aromatic rings. The average molecular weight is 354 g/mol. The summed E-state index contributed by atoms with van der Waals surface area (Å²) in [6.07, 6.45) is -1.12. The van der Waals surface area contributed by atoms with E-state index in [0.717, 1.165) is 0 Å². The smallest absolute Gasteiger partial charge is 0.348 e. The summed E-state index contributed by atoms with van der Waals surface area (Å²) in [6, 6.07) is 10.9. The highest BCUT2D eigenvalue weighted by Crippen LogP contribution is 2.45. The largest absolute Gasteiger partial charge is 0.504 e. The molecule has 7 nitrogen and oxygen atoms in total. The van der Waals surface area contributed by atoms with Crippen LogP contribution in [0.2, 0.25) is 0 Å². The van der Waals surface area contributed by atoms with E-state index in [0.29, 0.717) is 16.5 Å². The Bertz CT molecular complexity index is 1080. The first kappa shape index (κ1) is 16.0. The van der Waals surface area contributed by atoms with Crippen molar-refractivity contribution in [3.63, 3.8) is 0 Å². The molecule has 2 aromatic carbocycles. The lowest BCUT2D eigenvalue weighted by Crippen LogP contribution is -2.31. The second-order valence-corrected chi connectivity index (χ2v) is 5.92. The van der Waals surface area contributed by atoms with Gasteiger partial charge in [-0.1, -0.05) is 18.2 Å². The van der Waals surface area contributed by atoms with Gasteiger partial charge in [0.25, 0.3) is 0 Å². The molecular formula is C19H14O7. The first-order valence-electron chi connectivity index (χ1n) is 7.83. The highest BCUT2D eigenvalue weighted by molar-refractivity contribution is 5.88. The number of hydrogen-bond acceptors (Lipinski definition) is 7. The molecule has 2 heterocycles. The average Bonchev–Trinajstić information content (AvgIpc) is 3.05. The molecule has 2 unspecified atom stereocenters. The second-order valence-electron chi connectivity index (χ2n) is 5.92. The predicted molar refractivity (Wildman–Crippen MR) is 90.5 cm³/mol. The second kappa shape index (κ2) is 5.80. The first-order chi connectivity index (χ1) is 12.5. The van der Waals surface area contributed by atoms with Crippen molar-refractivity contribution in [2.24, 2.45) is 0 Å². The van der Waals surface area contributed by atoms with Crippen LogP contribution in [0.3, 0.4) is 0 Å². The quantitative estimate of drug-likeness (QED) is 0.413. The van der Waals surface area contributed by atoms with E-state index < -0.39 is 23.6 Å². The number of aromatic hydroxyl groups is 2. The summed E-state index contributed by atoms with van der Waals surface area (Å²) in [4.78, 5) is 24.9. The summed E-state index contributed by atoms with van der Waals surface area (Å²) in [5.41, 5.74) is 0.290. The van der Waals surface area contributed by atoms with E-state index in [1.54, 1.807) is 24.3 Å². The van der Waals surface area contributed by atoms with Crippen molar-refractivity contribution in [2.45, 2.75) is 12.0 Å². The van der Waals surface area contributed by atoms with Crippen LogP contribution in [0, 0.1) is 0 Å². The SMILES string of the molecule is COC(=O)C1Oc2c(c(=O)oc3ccccc23)C1c1ccc(O)c(O)c1. The molecule has 0 saturated carbocycles. The molecule has 26 heavy (non-hydrogen) atoms. The zero-order valence-electron chi connectivity index (χ0n) is 13.6. The predicted octanol–water partition coefficient (Wildman–Crippen LogP) is 2.27. The molecule has 0 amide bonds. The molecule has 1 aliphatic rings. The van der Waals surface area contributed by atoms with Gasteiger partial charge < -0.3 is 24.1 Å². The monoisotopic (exact) mass is 354 g/mol.